The van der Waals surface area contributed by atoms with E-state index >= 15 is 0 Å². The van der Waals surface area contributed by atoms with E-state index in [1.165, 1.54) is 11.8 Å². The number of nitrogens with zero attached hydrogens (tertiary/aromatic N) is 4. The third-order valence-electron chi connectivity index (χ3n) is 4.91. The minimum atomic E-state index is -0.159. The molecule has 0 spiro atoms. The van der Waals surface area contributed by atoms with E-state index in [0.29, 0.717) is 22.3 Å². The molecule has 2 aromatic heterocycles. The van der Waals surface area contributed by atoms with Gasteiger partial charge < -0.3 is 10.6 Å². The van der Waals surface area contributed by atoms with Crippen molar-refractivity contribution >= 4 is 40.7 Å². The molecule has 0 saturated heterocycles. The quantitative estimate of drug-likeness (QED) is 0.606. The molecular weight excluding hydrogens is 388 g/mol. The van der Waals surface area contributed by atoms with Crippen LogP contribution < -0.4 is 10.6 Å². The van der Waals surface area contributed by atoms with Gasteiger partial charge >= 0.3 is 0 Å². The van der Waals surface area contributed by atoms with Crippen molar-refractivity contribution in [2.75, 3.05) is 16.9 Å². The van der Waals surface area contributed by atoms with Gasteiger partial charge in [-0.2, -0.15) is 4.98 Å². The molecule has 2 heterocycles. The largest absolute Gasteiger partial charge is 0.326 e. The van der Waals surface area contributed by atoms with Crippen LogP contribution >= 0.6 is 11.8 Å². The van der Waals surface area contributed by atoms with Gasteiger partial charge in [0.05, 0.1) is 6.42 Å². The number of amides is 2. The Balaban J connectivity index is 1.49. The van der Waals surface area contributed by atoms with Crippen molar-refractivity contribution in [2.45, 2.75) is 38.3 Å². The predicted molar refractivity (Wildman–Crippen MR) is 112 cm³/mol. The van der Waals surface area contributed by atoms with Crippen LogP contribution in [0.15, 0.2) is 29.4 Å². The number of aryl methyl sites for hydroxylation is 2. The minimum absolute atomic E-state index is 0.0385. The lowest BCUT2D eigenvalue weighted by atomic mass is 10.1. The fourth-order valence-electron chi connectivity index (χ4n) is 3.16. The number of nitrogens with one attached hydrogen (secondary N) is 2. The number of carbonyl (C=O) groups is 2. The zero-order valence-electron chi connectivity index (χ0n) is 16.5. The number of carbonyl (C=O) groups excluding carboxylic acids is 2. The molecule has 0 radical (unpaired) electrons. The molecule has 0 atom stereocenters. The summed E-state index contributed by atoms with van der Waals surface area (Å²) in [5.41, 5.74) is 3.75. The topological polar surface area (TPSA) is 101 Å². The number of benzene rings is 1. The monoisotopic (exact) mass is 410 g/mol. The molecule has 0 aliphatic heterocycles. The van der Waals surface area contributed by atoms with Gasteiger partial charge in [-0.3, -0.25) is 9.59 Å². The second kappa shape index (κ2) is 7.82. The van der Waals surface area contributed by atoms with Crippen molar-refractivity contribution in [1.82, 2.24) is 19.6 Å². The summed E-state index contributed by atoms with van der Waals surface area (Å²) in [6, 6.07) is 7.19. The molecular formula is C20H22N6O2S. The SMILES string of the molecule is CSc1nc2nc(C)c(CC(=O)Nc3cccc(NC(=O)C4CC4)c3)c(C)n2n1. The first kappa shape index (κ1) is 19.4. The van der Waals surface area contributed by atoms with Crippen LogP contribution in [0.5, 0.6) is 0 Å². The maximum atomic E-state index is 12.7. The molecule has 3 aromatic rings. The number of hydrogen-bond donors (Lipinski definition) is 2. The van der Waals surface area contributed by atoms with Crippen LogP contribution in [-0.2, 0) is 16.0 Å². The van der Waals surface area contributed by atoms with Gasteiger partial charge in [0.25, 0.3) is 5.78 Å². The first-order valence-electron chi connectivity index (χ1n) is 9.42. The molecule has 1 aliphatic carbocycles. The predicted octanol–water partition coefficient (Wildman–Crippen LogP) is 2.99. The second-order valence-electron chi connectivity index (χ2n) is 7.14. The van der Waals surface area contributed by atoms with E-state index in [2.05, 4.69) is 25.7 Å². The molecule has 150 valence electrons. The van der Waals surface area contributed by atoms with Crippen LogP contribution in [0.25, 0.3) is 5.78 Å². The second-order valence-corrected chi connectivity index (χ2v) is 7.91. The van der Waals surface area contributed by atoms with Gasteiger partial charge in [-0.1, -0.05) is 17.8 Å². The Bertz CT molecular complexity index is 1110. The number of anilines is 2. The highest BCUT2D eigenvalue weighted by Crippen LogP contribution is 2.30. The molecule has 1 fully saturated rings. The lowest BCUT2D eigenvalue weighted by molar-refractivity contribution is -0.117. The van der Waals surface area contributed by atoms with E-state index in [1.807, 2.05) is 32.2 Å². The van der Waals surface area contributed by atoms with Gasteiger partial charge in [0, 0.05) is 34.2 Å². The Hall–Kier alpha value is -2.94. The molecule has 1 aliphatic rings. The maximum absolute atomic E-state index is 12.7. The molecule has 2 N–H and O–H groups in total. The fourth-order valence-corrected chi connectivity index (χ4v) is 3.50. The van der Waals surface area contributed by atoms with Crippen LogP contribution in [-0.4, -0.2) is 37.7 Å². The summed E-state index contributed by atoms with van der Waals surface area (Å²) >= 11 is 1.45. The zero-order valence-corrected chi connectivity index (χ0v) is 17.3. The van der Waals surface area contributed by atoms with Crippen molar-refractivity contribution in [3.05, 3.63) is 41.2 Å². The van der Waals surface area contributed by atoms with E-state index in [1.54, 1.807) is 16.6 Å². The van der Waals surface area contributed by atoms with E-state index in [0.717, 1.165) is 29.8 Å². The molecule has 0 unspecified atom stereocenters. The Morgan fingerprint density at radius 1 is 1.17 bits per heavy atom. The lowest BCUT2D eigenvalue weighted by Gasteiger charge is -2.11. The van der Waals surface area contributed by atoms with Gasteiger partial charge in [0.15, 0.2) is 0 Å². The summed E-state index contributed by atoms with van der Waals surface area (Å²) < 4.78 is 1.68. The third-order valence-corrected chi connectivity index (χ3v) is 5.45. The van der Waals surface area contributed by atoms with Crippen LogP contribution in [0.4, 0.5) is 11.4 Å². The molecule has 1 saturated carbocycles. The summed E-state index contributed by atoms with van der Waals surface area (Å²) in [6.07, 6.45) is 3.98. The number of hydrogen-bond acceptors (Lipinski definition) is 6. The van der Waals surface area contributed by atoms with Crippen LogP contribution in [0, 0.1) is 19.8 Å². The molecule has 0 bridgehead atoms. The maximum Gasteiger partial charge on any atom is 0.253 e. The van der Waals surface area contributed by atoms with Gasteiger partial charge in [0.1, 0.15) is 0 Å². The summed E-state index contributed by atoms with van der Waals surface area (Å²) in [7, 11) is 0. The Labute approximate surface area is 172 Å². The number of aromatic nitrogens is 4. The van der Waals surface area contributed by atoms with Crippen molar-refractivity contribution in [1.29, 1.82) is 0 Å². The highest BCUT2D eigenvalue weighted by atomic mass is 32.2. The summed E-state index contributed by atoms with van der Waals surface area (Å²) in [5.74, 6) is 0.544. The number of rotatable bonds is 6. The molecule has 1 aromatic carbocycles. The van der Waals surface area contributed by atoms with Crippen molar-refractivity contribution in [2.24, 2.45) is 5.92 Å². The zero-order chi connectivity index (χ0) is 20.5. The fraction of sp³-hybridized carbons (Fsp3) is 0.350. The highest BCUT2D eigenvalue weighted by Gasteiger charge is 2.29. The first-order chi connectivity index (χ1) is 13.9. The molecule has 29 heavy (non-hydrogen) atoms. The van der Waals surface area contributed by atoms with Gasteiger partial charge in [0.2, 0.25) is 17.0 Å². The Morgan fingerprint density at radius 2 is 1.90 bits per heavy atom. The first-order valence-corrected chi connectivity index (χ1v) is 10.6. The van der Waals surface area contributed by atoms with Gasteiger partial charge in [-0.25, -0.2) is 9.50 Å². The van der Waals surface area contributed by atoms with Crippen molar-refractivity contribution in [3.63, 3.8) is 0 Å². The molecule has 9 heteroatoms. The highest BCUT2D eigenvalue weighted by molar-refractivity contribution is 7.98. The van der Waals surface area contributed by atoms with E-state index in [9.17, 15) is 9.59 Å². The third kappa shape index (κ3) is 4.24. The van der Waals surface area contributed by atoms with E-state index in [4.69, 9.17) is 0 Å². The summed E-state index contributed by atoms with van der Waals surface area (Å²) in [5, 5.41) is 10.9. The van der Waals surface area contributed by atoms with Gasteiger partial charge in [-0.05, 0) is 51.1 Å². The average molecular weight is 411 g/mol. The standard InChI is InChI=1S/C20H22N6O2S/c1-11-16(12(2)26-19(21-11)24-20(25-26)29-3)10-17(27)22-14-5-4-6-15(9-14)23-18(28)13-7-8-13/h4-6,9,13H,7-8,10H2,1-3H3,(H,22,27)(H,23,28). The summed E-state index contributed by atoms with van der Waals surface area (Å²) in [6.45, 7) is 3.79. The van der Waals surface area contributed by atoms with Crippen molar-refractivity contribution in [3.8, 4) is 0 Å². The lowest BCUT2D eigenvalue weighted by Crippen LogP contribution is -2.18. The van der Waals surface area contributed by atoms with Crippen LogP contribution in [0.3, 0.4) is 0 Å². The van der Waals surface area contributed by atoms with Gasteiger partial charge in [-0.15, -0.1) is 5.10 Å². The van der Waals surface area contributed by atoms with Crippen LogP contribution in [0.2, 0.25) is 0 Å². The van der Waals surface area contributed by atoms with E-state index in [-0.39, 0.29) is 24.2 Å². The Morgan fingerprint density at radius 3 is 2.59 bits per heavy atom. The number of thioether (sulfide) groups is 1. The molecule has 4 rings (SSSR count). The summed E-state index contributed by atoms with van der Waals surface area (Å²) in [4.78, 5) is 33.4. The molecule has 8 nitrogen and oxygen atoms in total. The van der Waals surface area contributed by atoms with E-state index < -0.39 is 0 Å². The average Bonchev–Trinajstić information content (AvgIpc) is 3.46. The Kier molecular flexibility index (Phi) is 5.23. The minimum Gasteiger partial charge on any atom is -0.326 e. The smallest absolute Gasteiger partial charge is 0.253 e. The van der Waals surface area contributed by atoms with Crippen molar-refractivity contribution < 1.29 is 9.59 Å². The van der Waals surface area contributed by atoms with Crippen LogP contribution in [0.1, 0.15) is 29.8 Å². The number of fused-ring (bicyclic) bond motifs is 1. The normalized spacial score (nSPS) is 13.5. The molecule has 2 amide bonds.